The second-order valence-electron chi connectivity index (χ2n) is 3.37. The number of hydrogen-bond donors (Lipinski definition) is 2. The number of hydrogen-bond acceptors (Lipinski definition) is 2. The number of nitrogens with two attached hydrogens (primary N) is 1. The fourth-order valence-electron chi connectivity index (χ4n) is 1.28. The van der Waals surface area contributed by atoms with Gasteiger partial charge < -0.3 is 11.1 Å². The minimum absolute atomic E-state index is 0.264. The maximum absolute atomic E-state index is 10.4. The molecule has 1 aromatic rings. The quantitative estimate of drug-likeness (QED) is 0.769. The van der Waals surface area contributed by atoms with Crippen molar-refractivity contribution in [3.63, 3.8) is 0 Å². The number of carbonyl (C=O) groups is 1. The number of rotatable bonds is 6. The number of benzene rings is 1. The van der Waals surface area contributed by atoms with E-state index in [0.29, 0.717) is 0 Å². The summed E-state index contributed by atoms with van der Waals surface area (Å²) in [5.74, 6) is -0.307. The Morgan fingerprint density at radius 2 is 2.00 bits per heavy atom. The molecule has 0 aromatic heterocycles. The Balaban J connectivity index is 2.15. The lowest BCUT2D eigenvalue weighted by Crippen LogP contribution is -2.29. The second kappa shape index (κ2) is 6.58. The van der Waals surface area contributed by atoms with Gasteiger partial charge in [-0.3, -0.25) is 4.79 Å². The van der Waals surface area contributed by atoms with Crippen molar-refractivity contribution in [1.82, 2.24) is 5.32 Å². The van der Waals surface area contributed by atoms with E-state index in [-0.39, 0.29) is 12.5 Å². The molecule has 15 heavy (non-hydrogen) atoms. The highest BCUT2D eigenvalue weighted by atomic mass is 79.9. The van der Waals surface area contributed by atoms with Crippen molar-refractivity contribution >= 4 is 21.8 Å². The summed E-state index contributed by atoms with van der Waals surface area (Å²) in [6.07, 6.45) is 2.02. The zero-order valence-electron chi connectivity index (χ0n) is 8.50. The van der Waals surface area contributed by atoms with E-state index >= 15 is 0 Å². The van der Waals surface area contributed by atoms with Crippen LogP contribution in [0.4, 0.5) is 0 Å². The van der Waals surface area contributed by atoms with Crippen molar-refractivity contribution in [2.75, 3.05) is 13.1 Å². The van der Waals surface area contributed by atoms with Gasteiger partial charge in [-0.15, -0.1) is 0 Å². The Bertz CT molecular complexity index is 311. The molecule has 3 N–H and O–H groups in total. The molecule has 0 saturated heterocycles. The van der Waals surface area contributed by atoms with Gasteiger partial charge in [0.1, 0.15) is 0 Å². The summed E-state index contributed by atoms with van der Waals surface area (Å²) in [4.78, 5) is 10.4. The molecule has 1 amide bonds. The fourth-order valence-corrected chi connectivity index (χ4v) is 1.54. The highest BCUT2D eigenvalue weighted by molar-refractivity contribution is 9.10. The van der Waals surface area contributed by atoms with Gasteiger partial charge in [0.15, 0.2) is 0 Å². The van der Waals surface area contributed by atoms with Gasteiger partial charge in [0, 0.05) is 4.47 Å². The smallest absolute Gasteiger partial charge is 0.231 e. The maximum Gasteiger partial charge on any atom is 0.231 e. The standard InChI is InChI=1S/C11H15BrN2O/c12-10-5-3-9(4-6-10)2-1-7-14-8-11(13)15/h3-6,14H,1-2,7-8H2,(H2,13,15). The van der Waals surface area contributed by atoms with Gasteiger partial charge >= 0.3 is 0 Å². The first-order chi connectivity index (χ1) is 7.18. The van der Waals surface area contributed by atoms with Gasteiger partial charge in [-0.1, -0.05) is 28.1 Å². The Kier molecular flexibility index (Phi) is 5.36. The average molecular weight is 271 g/mol. The highest BCUT2D eigenvalue weighted by Gasteiger charge is 1.95. The van der Waals surface area contributed by atoms with E-state index in [1.165, 1.54) is 5.56 Å². The molecule has 0 aliphatic carbocycles. The number of primary amides is 1. The summed E-state index contributed by atoms with van der Waals surface area (Å²) >= 11 is 3.39. The van der Waals surface area contributed by atoms with Crippen molar-refractivity contribution in [2.45, 2.75) is 12.8 Å². The first kappa shape index (κ1) is 12.2. The van der Waals surface area contributed by atoms with Crippen LogP contribution in [0.1, 0.15) is 12.0 Å². The topological polar surface area (TPSA) is 55.1 Å². The molecule has 1 rings (SSSR count). The van der Waals surface area contributed by atoms with Gasteiger partial charge in [-0.2, -0.15) is 0 Å². The lowest BCUT2D eigenvalue weighted by atomic mass is 10.1. The molecular formula is C11H15BrN2O. The van der Waals surface area contributed by atoms with E-state index in [9.17, 15) is 4.79 Å². The first-order valence-electron chi connectivity index (χ1n) is 4.92. The Hall–Kier alpha value is -0.870. The van der Waals surface area contributed by atoms with Crippen LogP contribution in [0.2, 0.25) is 0 Å². The number of halogens is 1. The van der Waals surface area contributed by atoms with Crippen molar-refractivity contribution in [3.05, 3.63) is 34.3 Å². The Morgan fingerprint density at radius 1 is 1.33 bits per heavy atom. The van der Waals surface area contributed by atoms with Crippen molar-refractivity contribution in [1.29, 1.82) is 0 Å². The predicted octanol–water partition coefficient (Wildman–Crippen LogP) is 1.46. The van der Waals surface area contributed by atoms with Crippen molar-refractivity contribution in [2.24, 2.45) is 5.73 Å². The molecule has 1 aromatic carbocycles. The van der Waals surface area contributed by atoms with Crippen LogP contribution in [-0.4, -0.2) is 19.0 Å². The van der Waals surface area contributed by atoms with Crippen LogP contribution in [0.3, 0.4) is 0 Å². The van der Waals surface area contributed by atoms with Gasteiger partial charge in [0.2, 0.25) is 5.91 Å². The zero-order chi connectivity index (χ0) is 11.1. The largest absolute Gasteiger partial charge is 0.369 e. The molecule has 0 atom stereocenters. The van der Waals surface area contributed by atoms with Crippen LogP contribution in [0, 0.1) is 0 Å². The lowest BCUT2D eigenvalue weighted by Gasteiger charge is -2.02. The molecule has 0 aliphatic rings. The first-order valence-corrected chi connectivity index (χ1v) is 5.71. The minimum Gasteiger partial charge on any atom is -0.369 e. The second-order valence-corrected chi connectivity index (χ2v) is 4.29. The van der Waals surface area contributed by atoms with E-state index in [1.807, 2.05) is 12.1 Å². The van der Waals surface area contributed by atoms with Gasteiger partial charge in [0.25, 0.3) is 0 Å². The number of aryl methyl sites for hydroxylation is 1. The Morgan fingerprint density at radius 3 is 2.60 bits per heavy atom. The number of amides is 1. The van der Waals surface area contributed by atoms with Crippen LogP contribution >= 0.6 is 15.9 Å². The summed E-state index contributed by atoms with van der Waals surface area (Å²) in [5, 5.41) is 2.98. The van der Waals surface area contributed by atoms with E-state index in [1.54, 1.807) is 0 Å². The Labute approximate surface area is 98.2 Å². The molecule has 3 nitrogen and oxygen atoms in total. The van der Waals surface area contributed by atoms with Gasteiger partial charge in [0.05, 0.1) is 6.54 Å². The molecule has 0 unspecified atom stereocenters. The summed E-state index contributed by atoms with van der Waals surface area (Å²) in [5.41, 5.74) is 6.30. The SMILES string of the molecule is NC(=O)CNCCCc1ccc(Br)cc1. The van der Waals surface area contributed by atoms with E-state index in [2.05, 4.69) is 33.4 Å². The minimum atomic E-state index is -0.307. The highest BCUT2D eigenvalue weighted by Crippen LogP contribution is 2.11. The molecule has 0 heterocycles. The maximum atomic E-state index is 10.4. The van der Waals surface area contributed by atoms with Crippen molar-refractivity contribution in [3.8, 4) is 0 Å². The summed E-state index contributed by atoms with van der Waals surface area (Å²) in [6.45, 7) is 1.08. The van der Waals surface area contributed by atoms with Crippen LogP contribution in [0.25, 0.3) is 0 Å². The molecule has 4 heteroatoms. The zero-order valence-corrected chi connectivity index (χ0v) is 10.1. The fraction of sp³-hybridized carbons (Fsp3) is 0.364. The summed E-state index contributed by atoms with van der Waals surface area (Å²) in [7, 11) is 0. The van der Waals surface area contributed by atoms with E-state index in [4.69, 9.17) is 5.73 Å². The lowest BCUT2D eigenvalue weighted by molar-refractivity contribution is -0.117. The van der Waals surface area contributed by atoms with Crippen molar-refractivity contribution < 1.29 is 4.79 Å². The molecule has 0 fully saturated rings. The summed E-state index contributed by atoms with van der Waals surface area (Å²) in [6, 6.07) is 8.26. The van der Waals surface area contributed by atoms with Crippen LogP contribution < -0.4 is 11.1 Å². The normalized spacial score (nSPS) is 10.2. The average Bonchev–Trinajstić information content (AvgIpc) is 2.20. The van der Waals surface area contributed by atoms with Gasteiger partial charge in [-0.25, -0.2) is 0 Å². The van der Waals surface area contributed by atoms with Gasteiger partial charge in [-0.05, 0) is 37.1 Å². The van der Waals surface area contributed by atoms with Crippen LogP contribution in [0.5, 0.6) is 0 Å². The van der Waals surface area contributed by atoms with E-state index < -0.39 is 0 Å². The predicted molar refractivity (Wildman–Crippen MR) is 64.5 cm³/mol. The molecular weight excluding hydrogens is 256 g/mol. The number of carbonyl (C=O) groups excluding carboxylic acids is 1. The van der Waals surface area contributed by atoms with Crippen LogP contribution in [-0.2, 0) is 11.2 Å². The number of nitrogens with one attached hydrogen (secondary N) is 1. The molecule has 0 bridgehead atoms. The molecule has 82 valence electrons. The molecule has 0 spiro atoms. The molecule has 0 radical (unpaired) electrons. The third-order valence-corrected chi connectivity index (χ3v) is 2.56. The third-order valence-electron chi connectivity index (χ3n) is 2.03. The molecule has 0 aliphatic heterocycles. The monoisotopic (exact) mass is 270 g/mol. The summed E-state index contributed by atoms with van der Waals surface area (Å²) < 4.78 is 1.10. The van der Waals surface area contributed by atoms with E-state index in [0.717, 1.165) is 23.9 Å². The third kappa shape index (κ3) is 5.54. The van der Waals surface area contributed by atoms with Crippen LogP contribution in [0.15, 0.2) is 28.7 Å². The molecule has 0 saturated carbocycles.